The van der Waals surface area contributed by atoms with E-state index in [4.69, 9.17) is 4.74 Å². The van der Waals surface area contributed by atoms with Gasteiger partial charge in [0.2, 0.25) is 5.91 Å². The first-order valence-corrected chi connectivity index (χ1v) is 11.5. The van der Waals surface area contributed by atoms with Crippen molar-refractivity contribution < 1.29 is 9.53 Å². The average Bonchev–Trinajstić information content (AvgIpc) is 3.18. The number of piperidine rings is 1. The van der Waals surface area contributed by atoms with E-state index in [2.05, 4.69) is 17.1 Å². The van der Waals surface area contributed by atoms with Crippen LogP contribution in [-0.2, 0) is 9.53 Å². The number of nitrogens with one attached hydrogen (secondary N) is 1. The Morgan fingerprint density at radius 2 is 2.00 bits per heavy atom. The minimum absolute atomic E-state index is 0.221. The van der Waals surface area contributed by atoms with Crippen molar-refractivity contribution in [1.82, 2.24) is 10.2 Å². The van der Waals surface area contributed by atoms with Gasteiger partial charge in [0.05, 0.1) is 6.10 Å². The molecule has 0 aromatic rings. The summed E-state index contributed by atoms with van der Waals surface area (Å²) in [5.41, 5.74) is 0. The number of amides is 1. The molecule has 3 aliphatic rings. The Bertz CT molecular complexity index is 401. The molecule has 144 valence electrons. The van der Waals surface area contributed by atoms with Crippen LogP contribution >= 0.6 is 11.8 Å². The number of carbonyl (C=O) groups is 1. The maximum atomic E-state index is 13.0. The molecule has 2 saturated heterocycles. The van der Waals surface area contributed by atoms with Crippen LogP contribution in [0.2, 0.25) is 0 Å². The highest BCUT2D eigenvalue weighted by molar-refractivity contribution is 8.00. The zero-order chi connectivity index (χ0) is 17.5. The van der Waals surface area contributed by atoms with Gasteiger partial charge in [-0.1, -0.05) is 13.3 Å². The first kappa shape index (κ1) is 19.5. The lowest BCUT2D eigenvalue weighted by Crippen LogP contribution is -2.51. The number of nitrogens with zero attached hydrogens (tertiary/aromatic N) is 1. The highest BCUT2D eigenvalue weighted by Crippen LogP contribution is 2.29. The molecule has 3 rings (SSSR count). The van der Waals surface area contributed by atoms with Gasteiger partial charge in [-0.25, -0.2) is 0 Å². The van der Waals surface area contributed by atoms with Crippen LogP contribution in [0.25, 0.3) is 0 Å². The van der Waals surface area contributed by atoms with Crippen molar-refractivity contribution in [3.63, 3.8) is 0 Å². The monoisotopic (exact) mass is 368 g/mol. The molecule has 0 radical (unpaired) electrons. The highest BCUT2D eigenvalue weighted by atomic mass is 32.2. The van der Waals surface area contributed by atoms with E-state index >= 15 is 0 Å². The van der Waals surface area contributed by atoms with E-state index in [1.807, 2.05) is 11.8 Å². The molecule has 2 heterocycles. The Morgan fingerprint density at radius 1 is 1.16 bits per heavy atom. The topological polar surface area (TPSA) is 41.6 Å². The molecule has 0 aromatic carbocycles. The molecule has 1 saturated carbocycles. The van der Waals surface area contributed by atoms with Gasteiger partial charge in [-0.2, -0.15) is 11.8 Å². The fourth-order valence-electron chi connectivity index (χ4n) is 4.54. The molecule has 2 atom stereocenters. The normalized spacial score (nSPS) is 33.3. The van der Waals surface area contributed by atoms with Crippen molar-refractivity contribution in [3.8, 4) is 0 Å². The van der Waals surface area contributed by atoms with Gasteiger partial charge in [-0.3, -0.25) is 4.79 Å². The Balaban J connectivity index is 1.49. The largest absolute Gasteiger partial charge is 0.368 e. The van der Waals surface area contributed by atoms with Crippen molar-refractivity contribution in [2.75, 3.05) is 32.0 Å². The van der Waals surface area contributed by atoms with Crippen molar-refractivity contribution in [1.29, 1.82) is 0 Å². The van der Waals surface area contributed by atoms with Crippen LogP contribution in [0.15, 0.2) is 0 Å². The molecule has 1 aliphatic carbocycles. The van der Waals surface area contributed by atoms with Gasteiger partial charge in [-0.05, 0) is 69.6 Å². The van der Waals surface area contributed by atoms with Crippen LogP contribution in [0.4, 0.5) is 0 Å². The molecule has 1 N–H and O–H groups in total. The van der Waals surface area contributed by atoms with E-state index < -0.39 is 0 Å². The van der Waals surface area contributed by atoms with Gasteiger partial charge in [-0.15, -0.1) is 0 Å². The van der Waals surface area contributed by atoms with Crippen molar-refractivity contribution in [3.05, 3.63) is 0 Å². The highest BCUT2D eigenvalue weighted by Gasteiger charge is 2.30. The van der Waals surface area contributed by atoms with Crippen LogP contribution in [0.5, 0.6) is 0 Å². The SMILES string of the molecule is CCC1CCC(OCC(=O)N(CC2CCCS2)C2CCCNC2)CC1. The third kappa shape index (κ3) is 5.86. The first-order chi connectivity index (χ1) is 12.3. The van der Waals surface area contributed by atoms with Crippen LogP contribution in [0, 0.1) is 5.92 Å². The number of rotatable bonds is 7. The fourth-order valence-corrected chi connectivity index (χ4v) is 5.81. The summed E-state index contributed by atoms with van der Waals surface area (Å²) in [6.45, 7) is 5.53. The summed E-state index contributed by atoms with van der Waals surface area (Å²) in [7, 11) is 0. The lowest BCUT2D eigenvalue weighted by Gasteiger charge is -2.36. The second-order valence-corrected chi connectivity index (χ2v) is 9.45. The lowest BCUT2D eigenvalue weighted by molar-refractivity contribution is -0.141. The smallest absolute Gasteiger partial charge is 0.248 e. The Morgan fingerprint density at radius 3 is 2.64 bits per heavy atom. The van der Waals surface area contributed by atoms with E-state index in [-0.39, 0.29) is 12.5 Å². The van der Waals surface area contributed by atoms with E-state index in [0.717, 1.165) is 44.8 Å². The lowest BCUT2D eigenvalue weighted by atomic mass is 9.86. The van der Waals surface area contributed by atoms with Gasteiger partial charge in [0.1, 0.15) is 6.61 Å². The van der Waals surface area contributed by atoms with Crippen LogP contribution < -0.4 is 5.32 Å². The summed E-state index contributed by atoms with van der Waals surface area (Å²) >= 11 is 2.05. The van der Waals surface area contributed by atoms with Crippen LogP contribution in [0.1, 0.15) is 64.7 Å². The molecule has 1 amide bonds. The predicted molar refractivity (Wildman–Crippen MR) is 105 cm³/mol. The zero-order valence-electron chi connectivity index (χ0n) is 15.9. The number of carbonyl (C=O) groups excluding carboxylic acids is 1. The summed E-state index contributed by atoms with van der Waals surface area (Å²) < 4.78 is 6.06. The molecule has 2 aliphatic heterocycles. The number of thioether (sulfide) groups is 1. The minimum Gasteiger partial charge on any atom is -0.368 e. The molecular weight excluding hydrogens is 332 g/mol. The molecule has 0 aromatic heterocycles. The van der Waals surface area contributed by atoms with Crippen molar-refractivity contribution in [2.24, 2.45) is 5.92 Å². The quantitative estimate of drug-likeness (QED) is 0.747. The van der Waals surface area contributed by atoms with Gasteiger partial charge in [0.15, 0.2) is 0 Å². The second-order valence-electron chi connectivity index (χ2n) is 8.04. The molecule has 4 nitrogen and oxygen atoms in total. The van der Waals surface area contributed by atoms with Gasteiger partial charge in [0, 0.05) is 24.4 Å². The van der Waals surface area contributed by atoms with E-state index in [9.17, 15) is 4.79 Å². The predicted octanol–water partition coefficient (Wildman–Crippen LogP) is 3.45. The van der Waals surface area contributed by atoms with Gasteiger partial charge in [0.25, 0.3) is 0 Å². The standard InChI is InChI=1S/C20H36N2O2S/c1-2-16-7-9-18(10-8-16)24-15-20(23)22(14-19-6-4-12-25-19)17-5-3-11-21-13-17/h16-19,21H,2-15H2,1H3. The number of ether oxygens (including phenoxy) is 1. The summed E-state index contributed by atoms with van der Waals surface area (Å²) in [5, 5.41) is 4.10. The first-order valence-electron chi connectivity index (χ1n) is 10.5. The fraction of sp³-hybridized carbons (Fsp3) is 0.950. The molecule has 3 fully saturated rings. The number of hydrogen-bond donors (Lipinski definition) is 1. The molecule has 5 heteroatoms. The summed E-state index contributed by atoms with van der Waals surface area (Å²) in [6, 6.07) is 0.363. The Labute approximate surface area is 157 Å². The van der Waals surface area contributed by atoms with E-state index in [0.29, 0.717) is 17.4 Å². The molecule has 2 unspecified atom stereocenters. The summed E-state index contributed by atoms with van der Waals surface area (Å²) in [4.78, 5) is 15.1. The average molecular weight is 369 g/mol. The molecule has 0 bridgehead atoms. The van der Waals surface area contributed by atoms with E-state index in [1.165, 1.54) is 44.3 Å². The third-order valence-corrected chi connectivity index (χ3v) is 7.65. The van der Waals surface area contributed by atoms with Crippen LogP contribution in [-0.4, -0.2) is 60.2 Å². The third-order valence-electron chi connectivity index (χ3n) is 6.27. The summed E-state index contributed by atoms with van der Waals surface area (Å²) in [5.74, 6) is 2.35. The van der Waals surface area contributed by atoms with Crippen molar-refractivity contribution in [2.45, 2.75) is 82.1 Å². The maximum absolute atomic E-state index is 13.0. The second kappa shape index (κ2) is 10.2. The zero-order valence-corrected chi connectivity index (χ0v) is 16.7. The molecular formula is C20H36N2O2S. The van der Waals surface area contributed by atoms with Crippen molar-refractivity contribution >= 4 is 17.7 Å². The van der Waals surface area contributed by atoms with Gasteiger partial charge < -0.3 is 15.0 Å². The minimum atomic E-state index is 0.221. The van der Waals surface area contributed by atoms with Gasteiger partial charge >= 0.3 is 0 Å². The molecule has 0 spiro atoms. The number of hydrogen-bond acceptors (Lipinski definition) is 4. The Hall–Kier alpha value is -0.260. The maximum Gasteiger partial charge on any atom is 0.248 e. The van der Waals surface area contributed by atoms with Crippen LogP contribution in [0.3, 0.4) is 0 Å². The molecule has 25 heavy (non-hydrogen) atoms. The van der Waals surface area contributed by atoms with E-state index in [1.54, 1.807) is 0 Å². The Kier molecular flexibility index (Phi) is 7.93. The summed E-state index contributed by atoms with van der Waals surface area (Å²) in [6.07, 6.45) is 11.3.